The van der Waals surface area contributed by atoms with Crippen LogP contribution in [0.3, 0.4) is 0 Å². The van der Waals surface area contributed by atoms with Crippen molar-refractivity contribution in [2.24, 2.45) is 0 Å². The summed E-state index contributed by atoms with van der Waals surface area (Å²) in [6.07, 6.45) is 1.99. The first-order chi connectivity index (χ1) is 9.63. The summed E-state index contributed by atoms with van der Waals surface area (Å²) in [5.41, 5.74) is 1.58. The highest BCUT2D eigenvalue weighted by Crippen LogP contribution is 2.24. The number of carbonyl (C=O) groups excluding carboxylic acids is 1. The van der Waals surface area contributed by atoms with Crippen molar-refractivity contribution < 1.29 is 9.53 Å². The number of anilines is 1. The topological polar surface area (TPSA) is 38.3 Å². The highest BCUT2D eigenvalue weighted by molar-refractivity contribution is 7.12. The summed E-state index contributed by atoms with van der Waals surface area (Å²) in [5.74, 6) is 0.740. The number of benzene rings is 1. The Labute approximate surface area is 123 Å². The zero-order chi connectivity index (χ0) is 14.5. The monoisotopic (exact) mass is 289 g/mol. The zero-order valence-corrected chi connectivity index (χ0v) is 12.8. The third kappa shape index (κ3) is 3.39. The van der Waals surface area contributed by atoms with Crippen LogP contribution in [0.5, 0.6) is 5.75 Å². The molecule has 2 rings (SSSR count). The minimum atomic E-state index is -0.0389. The SMILES string of the molecule is CCCc1sc(C)cc1C(=O)Nc1ccc(OC)cc1. The van der Waals surface area contributed by atoms with Gasteiger partial charge in [-0.2, -0.15) is 0 Å². The fourth-order valence-corrected chi connectivity index (χ4v) is 3.17. The molecule has 0 saturated heterocycles. The Balaban J connectivity index is 2.14. The number of methoxy groups -OCH3 is 1. The van der Waals surface area contributed by atoms with Crippen molar-refractivity contribution in [3.8, 4) is 5.75 Å². The van der Waals surface area contributed by atoms with Crippen LogP contribution in [0.4, 0.5) is 5.69 Å². The molecule has 20 heavy (non-hydrogen) atoms. The van der Waals surface area contributed by atoms with Crippen LogP contribution in [0, 0.1) is 6.92 Å². The average Bonchev–Trinajstić information content (AvgIpc) is 2.81. The van der Waals surface area contributed by atoms with Crippen molar-refractivity contribution in [3.63, 3.8) is 0 Å². The van der Waals surface area contributed by atoms with Gasteiger partial charge < -0.3 is 10.1 Å². The molecule has 0 unspecified atom stereocenters. The average molecular weight is 289 g/mol. The fraction of sp³-hybridized carbons (Fsp3) is 0.312. The van der Waals surface area contributed by atoms with E-state index in [1.54, 1.807) is 18.4 Å². The zero-order valence-electron chi connectivity index (χ0n) is 12.0. The van der Waals surface area contributed by atoms with Crippen molar-refractivity contribution in [1.29, 1.82) is 0 Å². The van der Waals surface area contributed by atoms with Gasteiger partial charge in [0.1, 0.15) is 5.75 Å². The number of nitrogens with one attached hydrogen (secondary N) is 1. The van der Waals surface area contributed by atoms with Crippen LogP contribution in [0.1, 0.15) is 33.5 Å². The number of carbonyl (C=O) groups is 1. The number of amides is 1. The fourth-order valence-electron chi connectivity index (χ4n) is 2.04. The minimum Gasteiger partial charge on any atom is -0.497 e. The Kier molecular flexibility index (Phi) is 4.79. The molecule has 1 amide bonds. The molecule has 0 aliphatic heterocycles. The summed E-state index contributed by atoms with van der Waals surface area (Å²) >= 11 is 1.70. The van der Waals surface area contributed by atoms with Gasteiger partial charge >= 0.3 is 0 Å². The van der Waals surface area contributed by atoms with Gasteiger partial charge in [-0.3, -0.25) is 4.79 Å². The number of thiophene rings is 1. The smallest absolute Gasteiger partial charge is 0.256 e. The maximum Gasteiger partial charge on any atom is 0.256 e. The first-order valence-electron chi connectivity index (χ1n) is 6.68. The van der Waals surface area contributed by atoms with E-state index in [1.165, 1.54) is 4.88 Å². The van der Waals surface area contributed by atoms with Crippen LogP contribution in [-0.4, -0.2) is 13.0 Å². The molecule has 0 aliphatic rings. The molecule has 1 aromatic carbocycles. The van der Waals surface area contributed by atoms with Gasteiger partial charge in [-0.25, -0.2) is 0 Å². The molecular formula is C16H19NO2S. The van der Waals surface area contributed by atoms with Crippen LogP contribution in [-0.2, 0) is 6.42 Å². The molecule has 4 heteroatoms. The molecule has 0 aliphatic carbocycles. The van der Waals surface area contributed by atoms with Crippen molar-refractivity contribution in [3.05, 3.63) is 45.6 Å². The van der Waals surface area contributed by atoms with Crippen LogP contribution in [0.15, 0.2) is 30.3 Å². The van der Waals surface area contributed by atoms with Gasteiger partial charge in [0, 0.05) is 15.4 Å². The van der Waals surface area contributed by atoms with Crippen molar-refractivity contribution >= 4 is 22.9 Å². The lowest BCUT2D eigenvalue weighted by atomic mass is 10.1. The Hall–Kier alpha value is -1.81. The second-order valence-corrected chi connectivity index (χ2v) is 5.97. The minimum absolute atomic E-state index is 0.0389. The molecule has 106 valence electrons. The molecule has 0 radical (unpaired) electrons. The number of hydrogen-bond acceptors (Lipinski definition) is 3. The van der Waals surface area contributed by atoms with Crippen LogP contribution >= 0.6 is 11.3 Å². The maximum absolute atomic E-state index is 12.3. The molecule has 0 fully saturated rings. The largest absolute Gasteiger partial charge is 0.497 e. The Bertz CT molecular complexity index is 587. The van der Waals surface area contributed by atoms with E-state index in [9.17, 15) is 4.79 Å². The summed E-state index contributed by atoms with van der Waals surface area (Å²) in [6, 6.07) is 9.32. The lowest BCUT2D eigenvalue weighted by molar-refractivity contribution is 0.102. The Morgan fingerprint density at radius 2 is 2.00 bits per heavy atom. The highest BCUT2D eigenvalue weighted by Gasteiger charge is 2.14. The second-order valence-electron chi connectivity index (χ2n) is 4.63. The van der Waals surface area contributed by atoms with Gasteiger partial charge in [-0.05, 0) is 43.7 Å². The molecule has 0 bridgehead atoms. The number of hydrogen-bond donors (Lipinski definition) is 1. The van der Waals surface area contributed by atoms with E-state index in [1.807, 2.05) is 37.3 Å². The molecule has 0 saturated carbocycles. The van der Waals surface area contributed by atoms with E-state index in [0.29, 0.717) is 0 Å². The Morgan fingerprint density at radius 3 is 2.60 bits per heavy atom. The quantitative estimate of drug-likeness (QED) is 0.892. The summed E-state index contributed by atoms with van der Waals surface area (Å²) in [6.45, 7) is 4.16. The maximum atomic E-state index is 12.3. The number of rotatable bonds is 5. The summed E-state index contributed by atoms with van der Waals surface area (Å²) < 4.78 is 5.10. The first-order valence-corrected chi connectivity index (χ1v) is 7.50. The number of ether oxygens (including phenoxy) is 1. The van der Waals surface area contributed by atoms with E-state index < -0.39 is 0 Å². The van der Waals surface area contributed by atoms with Crippen molar-refractivity contribution in [2.75, 3.05) is 12.4 Å². The first kappa shape index (κ1) is 14.6. The summed E-state index contributed by atoms with van der Waals surface area (Å²) in [7, 11) is 1.62. The van der Waals surface area contributed by atoms with Gasteiger partial charge in [0.05, 0.1) is 12.7 Å². The third-order valence-electron chi connectivity index (χ3n) is 3.00. The third-order valence-corrected chi connectivity index (χ3v) is 4.11. The molecule has 0 spiro atoms. The molecular weight excluding hydrogens is 270 g/mol. The predicted octanol–water partition coefficient (Wildman–Crippen LogP) is 4.27. The normalized spacial score (nSPS) is 10.3. The van der Waals surface area contributed by atoms with Gasteiger partial charge in [-0.15, -0.1) is 11.3 Å². The molecule has 0 atom stereocenters. The molecule has 1 N–H and O–H groups in total. The number of aryl methyl sites for hydroxylation is 2. The van der Waals surface area contributed by atoms with E-state index in [2.05, 4.69) is 12.2 Å². The van der Waals surface area contributed by atoms with E-state index >= 15 is 0 Å². The van der Waals surface area contributed by atoms with Crippen LogP contribution < -0.4 is 10.1 Å². The molecule has 2 aromatic rings. The second kappa shape index (κ2) is 6.57. The lowest BCUT2D eigenvalue weighted by Crippen LogP contribution is -2.12. The summed E-state index contributed by atoms with van der Waals surface area (Å²) in [4.78, 5) is 14.7. The van der Waals surface area contributed by atoms with Crippen molar-refractivity contribution in [1.82, 2.24) is 0 Å². The van der Waals surface area contributed by atoms with E-state index in [4.69, 9.17) is 4.74 Å². The van der Waals surface area contributed by atoms with Gasteiger partial charge in [0.2, 0.25) is 0 Å². The van der Waals surface area contributed by atoms with E-state index in [-0.39, 0.29) is 5.91 Å². The van der Waals surface area contributed by atoms with E-state index in [0.717, 1.165) is 34.7 Å². The van der Waals surface area contributed by atoms with Crippen molar-refractivity contribution in [2.45, 2.75) is 26.7 Å². The highest BCUT2D eigenvalue weighted by atomic mass is 32.1. The molecule has 1 aromatic heterocycles. The van der Waals surface area contributed by atoms with Crippen LogP contribution in [0.25, 0.3) is 0 Å². The predicted molar refractivity (Wildman–Crippen MR) is 84.0 cm³/mol. The Morgan fingerprint density at radius 1 is 1.30 bits per heavy atom. The standard InChI is InChI=1S/C16H19NO2S/c1-4-5-15-14(10-11(2)20-15)16(18)17-12-6-8-13(19-3)9-7-12/h6-10H,4-5H2,1-3H3,(H,17,18). The van der Waals surface area contributed by atoms with Gasteiger partial charge in [0.15, 0.2) is 0 Å². The lowest BCUT2D eigenvalue weighted by Gasteiger charge is -2.06. The molecule has 1 heterocycles. The molecule has 3 nitrogen and oxygen atoms in total. The summed E-state index contributed by atoms with van der Waals surface area (Å²) in [5, 5.41) is 2.93. The van der Waals surface area contributed by atoms with Gasteiger partial charge in [-0.1, -0.05) is 13.3 Å². The van der Waals surface area contributed by atoms with Gasteiger partial charge in [0.25, 0.3) is 5.91 Å². The van der Waals surface area contributed by atoms with Crippen LogP contribution in [0.2, 0.25) is 0 Å².